The lowest BCUT2D eigenvalue weighted by Gasteiger charge is -2.31. The van der Waals surface area contributed by atoms with Gasteiger partial charge in [0.05, 0.1) is 6.67 Å². The third-order valence-corrected chi connectivity index (χ3v) is 5.62. The highest BCUT2D eigenvalue weighted by Crippen LogP contribution is 2.22. The highest BCUT2D eigenvalue weighted by Gasteiger charge is 2.20. The van der Waals surface area contributed by atoms with Gasteiger partial charge in [-0.15, -0.1) is 0 Å². The van der Waals surface area contributed by atoms with Crippen LogP contribution in [0.3, 0.4) is 0 Å². The van der Waals surface area contributed by atoms with Gasteiger partial charge >= 0.3 is 0 Å². The van der Waals surface area contributed by atoms with E-state index in [4.69, 9.17) is 12.2 Å². The number of benzene rings is 1. The van der Waals surface area contributed by atoms with Crippen molar-refractivity contribution in [1.29, 1.82) is 0 Å². The zero-order valence-electron chi connectivity index (χ0n) is 14.4. The van der Waals surface area contributed by atoms with Crippen molar-refractivity contribution in [3.05, 3.63) is 65.1 Å². The molecule has 1 aromatic carbocycles. The third kappa shape index (κ3) is 3.83. The molecule has 3 aromatic rings. The SMILES string of the molecule is S=c1n(CN2CCC(CCc3ccccc3)CC2)nc2ccccn12. The molecule has 0 N–H and O–H groups in total. The number of pyridine rings is 1. The molecule has 0 aliphatic carbocycles. The minimum Gasteiger partial charge on any atom is -0.284 e. The highest BCUT2D eigenvalue weighted by atomic mass is 32.1. The number of hydrogen-bond donors (Lipinski definition) is 0. The summed E-state index contributed by atoms with van der Waals surface area (Å²) >= 11 is 5.55. The summed E-state index contributed by atoms with van der Waals surface area (Å²) < 4.78 is 4.71. The molecule has 1 fully saturated rings. The van der Waals surface area contributed by atoms with Crippen molar-refractivity contribution in [3.8, 4) is 0 Å². The summed E-state index contributed by atoms with van der Waals surface area (Å²) in [6.07, 6.45) is 7.02. The summed E-state index contributed by atoms with van der Waals surface area (Å²) in [4.78, 5) is 2.47. The van der Waals surface area contributed by atoms with Gasteiger partial charge in [0.1, 0.15) is 0 Å². The molecule has 4 nitrogen and oxygen atoms in total. The maximum Gasteiger partial charge on any atom is 0.203 e. The lowest BCUT2D eigenvalue weighted by atomic mass is 9.91. The van der Waals surface area contributed by atoms with Crippen molar-refractivity contribution in [1.82, 2.24) is 19.1 Å². The van der Waals surface area contributed by atoms with E-state index >= 15 is 0 Å². The Kier molecular flexibility index (Phi) is 4.95. The Morgan fingerprint density at radius 1 is 1.00 bits per heavy atom. The van der Waals surface area contributed by atoms with Gasteiger partial charge in [0.2, 0.25) is 4.77 Å². The van der Waals surface area contributed by atoms with Crippen molar-refractivity contribution in [2.45, 2.75) is 32.4 Å². The van der Waals surface area contributed by atoms with Crippen LogP contribution in [-0.4, -0.2) is 32.2 Å². The van der Waals surface area contributed by atoms with E-state index in [1.807, 2.05) is 33.5 Å². The molecule has 25 heavy (non-hydrogen) atoms. The maximum absolute atomic E-state index is 5.55. The Labute approximate surface area is 153 Å². The van der Waals surface area contributed by atoms with E-state index in [2.05, 4.69) is 40.3 Å². The monoisotopic (exact) mass is 352 g/mol. The Morgan fingerprint density at radius 2 is 1.76 bits per heavy atom. The van der Waals surface area contributed by atoms with Crippen LogP contribution in [0.1, 0.15) is 24.8 Å². The van der Waals surface area contributed by atoms with Crippen LogP contribution < -0.4 is 0 Å². The van der Waals surface area contributed by atoms with Crippen LogP contribution in [0.2, 0.25) is 0 Å². The largest absolute Gasteiger partial charge is 0.284 e. The van der Waals surface area contributed by atoms with Gasteiger partial charge in [0.15, 0.2) is 5.65 Å². The van der Waals surface area contributed by atoms with E-state index in [9.17, 15) is 0 Å². The molecule has 0 atom stereocenters. The minimum absolute atomic E-state index is 0.779. The third-order valence-electron chi connectivity index (χ3n) is 5.21. The molecule has 1 aliphatic heterocycles. The van der Waals surface area contributed by atoms with Crippen molar-refractivity contribution < 1.29 is 0 Å². The predicted octanol–water partition coefficient (Wildman–Crippen LogP) is 4.17. The quantitative estimate of drug-likeness (QED) is 0.645. The predicted molar refractivity (Wildman–Crippen MR) is 103 cm³/mol. The van der Waals surface area contributed by atoms with Crippen LogP contribution in [0.15, 0.2) is 54.7 Å². The van der Waals surface area contributed by atoms with E-state index < -0.39 is 0 Å². The second kappa shape index (κ2) is 7.50. The van der Waals surface area contributed by atoms with E-state index in [-0.39, 0.29) is 0 Å². The van der Waals surface area contributed by atoms with Gasteiger partial charge in [-0.2, -0.15) is 5.10 Å². The van der Waals surface area contributed by atoms with Crippen molar-refractivity contribution in [2.75, 3.05) is 13.1 Å². The summed E-state index contributed by atoms with van der Waals surface area (Å²) in [5.41, 5.74) is 2.38. The molecule has 4 rings (SSSR count). The molecule has 3 heterocycles. The van der Waals surface area contributed by atoms with Gasteiger partial charge in [-0.25, -0.2) is 4.68 Å². The molecule has 1 saturated heterocycles. The summed E-state index contributed by atoms with van der Waals surface area (Å²) in [6, 6.07) is 16.8. The second-order valence-electron chi connectivity index (χ2n) is 6.94. The Bertz CT molecular complexity index is 875. The molecule has 0 amide bonds. The van der Waals surface area contributed by atoms with Gasteiger partial charge in [-0.1, -0.05) is 36.4 Å². The van der Waals surface area contributed by atoms with Crippen molar-refractivity contribution in [2.24, 2.45) is 5.92 Å². The molecule has 5 heteroatoms. The molecule has 0 unspecified atom stereocenters. The first-order valence-electron chi connectivity index (χ1n) is 9.10. The first kappa shape index (κ1) is 16.5. The van der Waals surface area contributed by atoms with Crippen molar-refractivity contribution in [3.63, 3.8) is 0 Å². The number of aromatic nitrogens is 3. The van der Waals surface area contributed by atoms with Gasteiger partial charge in [-0.3, -0.25) is 9.30 Å². The molecule has 2 aromatic heterocycles. The van der Waals surface area contributed by atoms with E-state index in [0.717, 1.165) is 36.1 Å². The molecule has 0 spiro atoms. The molecular formula is C20H24N4S. The normalized spacial score (nSPS) is 16.5. The zero-order valence-corrected chi connectivity index (χ0v) is 15.2. The highest BCUT2D eigenvalue weighted by molar-refractivity contribution is 7.71. The van der Waals surface area contributed by atoms with Gasteiger partial charge < -0.3 is 0 Å². The van der Waals surface area contributed by atoms with E-state index in [1.54, 1.807) is 0 Å². The first-order chi connectivity index (χ1) is 12.3. The van der Waals surface area contributed by atoms with E-state index in [0.29, 0.717) is 0 Å². The number of likely N-dealkylation sites (tertiary alicyclic amines) is 1. The van der Waals surface area contributed by atoms with Crippen LogP contribution in [0.25, 0.3) is 5.65 Å². The Balaban J connectivity index is 1.31. The molecule has 130 valence electrons. The van der Waals surface area contributed by atoms with E-state index in [1.165, 1.54) is 31.2 Å². The number of fused-ring (bicyclic) bond motifs is 1. The first-order valence-corrected chi connectivity index (χ1v) is 9.51. The average molecular weight is 353 g/mol. The molecule has 0 saturated carbocycles. The van der Waals surface area contributed by atoms with Crippen LogP contribution in [0, 0.1) is 10.7 Å². The number of hydrogen-bond acceptors (Lipinski definition) is 3. The fraction of sp³-hybridized carbons (Fsp3) is 0.400. The van der Waals surface area contributed by atoms with Crippen molar-refractivity contribution >= 4 is 17.9 Å². The summed E-state index contributed by atoms with van der Waals surface area (Å²) in [5.74, 6) is 0.838. The van der Waals surface area contributed by atoms with Crippen LogP contribution in [0.4, 0.5) is 0 Å². The Hall–Kier alpha value is -1.98. The number of nitrogens with zero attached hydrogens (tertiary/aromatic N) is 4. The molecule has 0 bridgehead atoms. The molecular weight excluding hydrogens is 328 g/mol. The fourth-order valence-electron chi connectivity index (χ4n) is 3.68. The van der Waals surface area contributed by atoms with Crippen LogP contribution in [0.5, 0.6) is 0 Å². The fourth-order valence-corrected chi connectivity index (χ4v) is 3.93. The standard InChI is InChI=1S/C20H24N4S/c25-20-23-13-5-4-8-19(23)21-24(20)16-22-14-11-18(12-15-22)10-9-17-6-2-1-3-7-17/h1-8,13,18H,9-12,14-16H2. The van der Waals surface area contributed by atoms with Gasteiger partial charge in [-0.05, 0) is 61.5 Å². The summed E-state index contributed by atoms with van der Waals surface area (Å²) in [6.45, 7) is 3.07. The number of aryl methyl sites for hydroxylation is 1. The lowest BCUT2D eigenvalue weighted by Crippen LogP contribution is -2.35. The molecule has 1 aliphatic rings. The van der Waals surface area contributed by atoms with Gasteiger partial charge in [0, 0.05) is 19.3 Å². The second-order valence-corrected chi connectivity index (χ2v) is 7.30. The number of rotatable bonds is 5. The molecule has 0 radical (unpaired) electrons. The van der Waals surface area contributed by atoms with Crippen LogP contribution >= 0.6 is 12.2 Å². The lowest BCUT2D eigenvalue weighted by molar-refractivity contribution is 0.137. The average Bonchev–Trinajstić information content (AvgIpc) is 2.98. The topological polar surface area (TPSA) is 25.5 Å². The number of piperidine rings is 1. The van der Waals surface area contributed by atoms with Crippen LogP contribution in [-0.2, 0) is 13.1 Å². The summed E-state index contributed by atoms with van der Waals surface area (Å²) in [5, 5.41) is 4.64. The van der Waals surface area contributed by atoms with Gasteiger partial charge in [0.25, 0.3) is 0 Å². The maximum atomic E-state index is 5.55. The minimum atomic E-state index is 0.779. The zero-order chi connectivity index (χ0) is 17.1. The Morgan fingerprint density at radius 3 is 2.52 bits per heavy atom. The summed E-state index contributed by atoms with van der Waals surface area (Å²) in [7, 11) is 0. The smallest absolute Gasteiger partial charge is 0.203 e.